The van der Waals surface area contributed by atoms with Gasteiger partial charge in [0.2, 0.25) is 11.2 Å². The van der Waals surface area contributed by atoms with Gasteiger partial charge in [-0.25, -0.2) is 4.98 Å². The van der Waals surface area contributed by atoms with Crippen molar-refractivity contribution in [3.05, 3.63) is 11.5 Å². The topological polar surface area (TPSA) is 49.3 Å². The Labute approximate surface area is 130 Å². The van der Waals surface area contributed by atoms with Gasteiger partial charge in [-0.3, -0.25) is 4.79 Å². The average Bonchev–Trinajstić information content (AvgIpc) is 2.90. The van der Waals surface area contributed by atoms with Crippen molar-refractivity contribution in [1.82, 2.24) is 9.97 Å². The molecule has 114 valence electrons. The molecule has 1 aliphatic carbocycles. The third kappa shape index (κ3) is 2.71. The summed E-state index contributed by atoms with van der Waals surface area (Å²) in [5.74, 6) is 0.958. The number of carbonyl (C=O) groups excluding carboxylic acids is 1. The minimum absolute atomic E-state index is 0.0875. The Morgan fingerprint density at radius 3 is 2.71 bits per heavy atom. The van der Waals surface area contributed by atoms with Crippen molar-refractivity contribution < 1.29 is 4.79 Å². The number of aromatic nitrogens is 2. The fourth-order valence-corrected chi connectivity index (χ4v) is 3.57. The molecule has 1 aromatic heterocycles. The van der Waals surface area contributed by atoms with Crippen LogP contribution in [0.5, 0.6) is 0 Å². The molecule has 1 aromatic rings. The summed E-state index contributed by atoms with van der Waals surface area (Å²) >= 11 is 6.01. The molecule has 21 heavy (non-hydrogen) atoms. The summed E-state index contributed by atoms with van der Waals surface area (Å²) < 4.78 is 0. The molecular weight excluding hydrogens is 288 g/mol. The SMILES string of the molecule is CC(C)N1C(=O)CCN(C2CCCC2)c2nc(Cl)ncc21. The molecule has 1 amide bonds. The van der Waals surface area contributed by atoms with E-state index in [1.165, 1.54) is 12.8 Å². The van der Waals surface area contributed by atoms with Crippen LogP contribution >= 0.6 is 11.6 Å². The zero-order chi connectivity index (χ0) is 15.0. The van der Waals surface area contributed by atoms with Crippen molar-refractivity contribution in [1.29, 1.82) is 0 Å². The van der Waals surface area contributed by atoms with Gasteiger partial charge in [-0.2, -0.15) is 4.98 Å². The number of nitrogens with zero attached hydrogens (tertiary/aromatic N) is 4. The van der Waals surface area contributed by atoms with Crippen LogP contribution in [0.15, 0.2) is 6.20 Å². The maximum atomic E-state index is 12.5. The molecule has 0 radical (unpaired) electrons. The summed E-state index contributed by atoms with van der Waals surface area (Å²) in [4.78, 5) is 25.1. The maximum absolute atomic E-state index is 12.5. The van der Waals surface area contributed by atoms with Gasteiger partial charge in [0.15, 0.2) is 5.82 Å². The molecule has 2 heterocycles. The van der Waals surface area contributed by atoms with Crippen molar-refractivity contribution in [3.8, 4) is 0 Å². The van der Waals surface area contributed by atoms with E-state index in [1.807, 2.05) is 13.8 Å². The minimum atomic E-state index is 0.0875. The molecule has 1 aliphatic heterocycles. The van der Waals surface area contributed by atoms with Crippen LogP contribution in [0.1, 0.15) is 46.0 Å². The fourth-order valence-electron chi connectivity index (χ4n) is 3.44. The van der Waals surface area contributed by atoms with Crippen molar-refractivity contribution in [2.45, 2.75) is 58.0 Å². The predicted octanol–water partition coefficient (Wildman–Crippen LogP) is 3.02. The van der Waals surface area contributed by atoms with Gasteiger partial charge in [-0.15, -0.1) is 0 Å². The highest BCUT2D eigenvalue weighted by atomic mass is 35.5. The third-order valence-electron chi connectivity index (χ3n) is 4.37. The zero-order valence-electron chi connectivity index (χ0n) is 12.5. The molecule has 0 saturated heterocycles. The van der Waals surface area contributed by atoms with E-state index >= 15 is 0 Å². The fraction of sp³-hybridized carbons (Fsp3) is 0.667. The predicted molar refractivity (Wildman–Crippen MR) is 83.9 cm³/mol. The summed E-state index contributed by atoms with van der Waals surface area (Å²) in [6.07, 6.45) is 7.03. The quantitative estimate of drug-likeness (QED) is 0.788. The molecule has 0 unspecified atom stereocenters. The number of rotatable bonds is 2. The van der Waals surface area contributed by atoms with E-state index in [1.54, 1.807) is 11.1 Å². The Morgan fingerprint density at radius 1 is 1.33 bits per heavy atom. The Kier molecular flexibility index (Phi) is 4.02. The van der Waals surface area contributed by atoms with Gasteiger partial charge in [-0.05, 0) is 38.3 Å². The van der Waals surface area contributed by atoms with Crippen molar-refractivity contribution >= 4 is 29.0 Å². The summed E-state index contributed by atoms with van der Waals surface area (Å²) in [6.45, 7) is 4.75. The third-order valence-corrected chi connectivity index (χ3v) is 4.55. The lowest BCUT2D eigenvalue weighted by molar-refractivity contribution is -0.118. The summed E-state index contributed by atoms with van der Waals surface area (Å²) in [5.41, 5.74) is 0.795. The Balaban J connectivity index is 2.07. The monoisotopic (exact) mass is 308 g/mol. The number of anilines is 2. The summed E-state index contributed by atoms with van der Waals surface area (Å²) in [5, 5.41) is 0.245. The molecule has 0 spiro atoms. The largest absolute Gasteiger partial charge is 0.351 e. The van der Waals surface area contributed by atoms with Crippen LogP contribution in [-0.2, 0) is 4.79 Å². The summed E-state index contributed by atoms with van der Waals surface area (Å²) in [6, 6.07) is 0.555. The van der Waals surface area contributed by atoms with E-state index in [9.17, 15) is 4.79 Å². The van der Waals surface area contributed by atoms with E-state index in [4.69, 9.17) is 11.6 Å². The molecule has 3 rings (SSSR count). The van der Waals surface area contributed by atoms with Crippen LogP contribution < -0.4 is 9.80 Å². The number of fused-ring (bicyclic) bond motifs is 1. The van der Waals surface area contributed by atoms with Gasteiger partial charge < -0.3 is 9.80 Å². The molecule has 1 saturated carbocycles. The summed E-state index contributed by atoms with van der Waals surface area (Å²) in [7, 11) is 0. The molecule has 0 N–H and O–H groups in total. The normalized spacial score (nSPS) is 20.1. The molecule has 5 nitrogen and oxygen atoms in total. The zero-order valence-corrected chi connectivity index (χ0v) is 13.3. The van der Waals surface area contributed by atoms with E-state index < -0.39 is 0 Å². The van der Waals surface area contributed by atoms with E-state index in [-0.39, 0.29) is 17.2 Å². The Bertz CT molecular complexity index is 542. The number of halogens is 1. The number of hydrogen-bond acceptors (Lipinski definition) is 4. The first-order valence-corrected chi connectivity index (χ1v) is 8.07. The minimum Gasteiger partial charge on any atom is -0.351 e. The van der Waals surface area contributed by atoms with Gasteiger partial charge in [0.25, 0.3) is 0 Å². The number of hydrogen-bond donors (Lipinski definition) is 0. The lowest BCUT2D eigenvalue weighted by atomic mass is 10.2. The first-order chi connectivity index (χ1) is 10.1. The van der Waals surface area contributed by atoms with Gasteiger partial charge in [-0.1, -0.05) is 12.8 Å². The van der Waals surface area contributed by atoms with Crippen LogP contribution in [0.4, 0.5) is 11.5 Å². The molecule has 0 atom stereocenters. The van der Waals surface area contributed by atoms with Gasteiger partial charge in [0, 0.05) is 25.0 Å². The molecule has 1 fully saturated rings. The lowest BCUT2D eigenvalue weighted by Crippen LogP contribution is -2.36. The highest BCUT2D eigenvalue weighted by Crippen LogP contribution is 2.37. The van der Waals surface area contributed by atoms with Gasteiger partial charge in [0.05, 0.1) is 6.20 Å². The highest BCUT2D eigenvalue weighted by Gasteiger charge is 2.33. The van der Waals surface area contributed by atoms with Gasteiger partial charge in [0.1, 0.15) is 5.69 Å². The smallest absolute Gasteiger partial charge is 0.229 e. The van der Waals surface area contributed by atoms with E-state index in [2.05, 4.69) is 14.9 Å². The second-order valence-corrected chi connectivity index (χ2v) is 6.43. The average molecular weight is 309 g/mol. The van der Waals surface area contributed by atoms with Gasteiger partial charge >= 0.3 is 0 Å². The van der Waals surface area contributed by atoms with Crippen LogP contribution in [0.3, 0.4) is 0 Å². The first-order valence-electron chi connectivity index (χ1n) is 7.69. The van der Waals surface area contributed by atoms with Crippen LogP contribution in [-0.4, -0.2) is 34.5 Å². The van der Waals surface area contributed by atoms with Crippen molar-refractivity contribution in [3.63, 3.8) is 0 Å². The maximum Gasteiger partial charge on any atom is 0.229 e. The van der Waals surface area contributed by atoms with Crippen LogP contribution in [0.25, 0.3) is 0 Å². The van der Waals surface area contributed by atoms with Crippen molar-refractivity contribution in [2.24, 2.45) is 0 Å². The standard InChI is InChI=1S/C15H21ClN4O/c1-10(2)20-12-9-17-15(16)18-14(12)19(8-7-13(20)21)11-5-3-4-6-11/h9-11H,3-8H2,1-2H3. The second-order valence-electron chi connectivity index (χ2n) is 6.09. The molecule has 0 bridgehead atoms. The molecule has 0 aromatic carbocycles. The number of carbonyl (C=O) groups is 1. The van der Waals surface area contributed by atoms with Crippen LogP contribution in [0.2, 0.25) is 5.28 Å². The van der Waals surface area contributed by atoms with E-state index in [0.717, 1.165) is 24.3 Å². The molecule has 2 aliphatic rings. The first kappa shape index (κ1) is 14.6. The Morgan fingerprint density at radius 2 is 2.05 bits per heavy atom. The number of amides is 1. The highest BCUT2D eigenvalue weighted by molar-refractivity contribution is 6.28. The second kappa shape index (κ2) is 5.79. The van der Waals surface area contributed by atoms with Crippen molar-refractivity contribution in [2.75, 3.05) is 16.3 Å². The van der Waals surface area contributed by atoms with E-state index in [0.29, 0.717) is 19.0 Å². The lowest BCUT2D eigenvalue weighted by Gasteiger charge is -2.31. The van der Waals surface area contributed by atoms with Crippen LogP contribution in [0, 0.1) is 0 Å². The Hall–Kier alpha value is -1.36. The molecular formula is C15H21ClN4O. The molecule has 6 heteroatoms.